The third-order valence-corrected chi connectivity index (χ3v) is 4.05. The van der Waals surface area contributed by atoms with E-state index in [0.717, 1.165) is 24.3 Å². The molecule has 4 heteroatoms. The standard InChI is InChI=1S/C17H27NO3/c1-6-13(3)12-17(7-2,16(19)21-5)18-14-8-10-15(20-4)11-9-14/h8-11,13,18H,6-7,12H2,1-5H3. The van der Waals surface area contributed by atoms with Crippen LogP contribution in [-0.2, 0) is 9.53 Å². The molecular weight excluding hydrogens is 266 g/mol. The molecule has 0 heterocycles. The average molecular weight is 293 g/mol. The number of carbonyl (C=O) groups excluding carboxylic acids is 1. The molecule has 0 spiro atoms. The van der Waals surface area contributed by atoms with Crippen LogP contribution in [0.2, 0.25) is 0 Å². The van der Waals surface area contributed by atoms with Crippen LogP contribution >= 0.6 is 0 Å². The van der Waals surface area contributed by atoms with E-state index < -0.39 is 5.54 Å². The number of carbonyl (C=O) groups is 1. The first-order valence-corrected chi connectivity index (χ1v) is 7.52. The van der Waals surface area contributed by atoms with E-state index >= 15 is 0 Å². The minimum absolute atomic E-state index is 0.207. The zero-order chi connectivity index (χ0) is 15.9. The minimum Gasteiger partial charge on any atom is -0.497 e. The fraction of sp³-hybridized carbons (Fsp3) is 0.588. The average Bonchev–Trinajstić information content (AvgIpc) is 2.53. The number of hydrogen-bond acceptors (Lipinski definition) is 4. The fourth-order valence-electron chi connectivity index (χ4n) is 2.45. The van der Waals surface area contributed by atoms with Gasteiger partial charge in [-0.3, -0.25) is 0 Å². The molecule has 2 atom stereocenters. The smallest absolute Gasteiger partial charge is 0.331 e. The Morgan fingerprint density at radius 1 is 1.24 bits per heavy atom. The van der Waals surface area contributed by atoms with Crippen LogP contribution in [0.1, 0.15) is 40.0 Å². The van der Waals surface area contributed by atoms with E-state index in [4.69, 9.17) is 9.47 Å². The van der Waals surface area contributed by atoms with Crippen molar-refractivity contribution in [2.45, 2.75) is 45.6 Å². The van der Waals surface area contributed by atoms with Gasteiger partial charge in [0.15, 0.2) is 0 Å². The number of benzene rings is 1. The lowest BCUT2D eigenvalue weighted by molar-refractivity contribution is -0.146. The molecule has 2 unspecified atom stereocenters. The number of nitrogens with one attached hydrogen (secondary N) is 1. The van der Waals surface area contributed by atoms with Crippen LogP contribution < -0.4 is 10.1 Å². The van der Waals surface area contributed by atoms with Gasteiger partial charge in [0, 0.05) is 5.69 Å². The highest BCUT2D eigenvalue weighted by molar-refractivity contribution is 5.84. The topological polar surface area (TPSA) is 47.6 Å². The minimum atomic E-state index is -0.682. The van der Waals surface area contributed by atoms with Gasteiger partial charge >= 0.3 is 5.97 Å². The lowest BCUT2D eigenvalue weighted by Crippen LogP contribution is -2.48. The molecule has 0 aromatic heterocycles. The van der Waals surface area contributed by atoms with Gasteiger partial charge in [0.2, 0.25) is 0 Å². The van der Waals surface area contributed by atoms with Crippen LogP contribution in [0.25, 0.3) is 0 Å². The van der Waals surface area contributed by atoms with E-state index in [9.17, 15) is 4.79 Å². The third kappa shape index (κ3) is 4.38. The van der Waals surface area contributed by atoms with Crippen LogP contribution in [-0.4, -0.2) is 25.7 Å². The number of hydrogen-bond donors (Lipinski definition) is 1. The lowest BCUT2D eigenvalue weighted by Gasteiger charge is -2.34. The van der Waals surface area contributed by atoms with E-state index in [1.54, 1.807) is 7.11 Å². The molecule has 1 N–H and O–H groups in total. The Morgan fingerprint density at radius 3 is 2.29 bits per heavy atom. The van der Waals surface area contributed by atoms with Gasteiger partial charge in [0.25, 0.3) is 0 Å². The summed E-state index contributed by atoms with van der Waals surface area (Å²) in [5.41, 5.74) is 0.213. The van der Waals surface area contributed by atoms with Gasteiger partial charge in [-0.2, -0.15) is 0 Å². The number of anilines is 1. The van der Waals surface area contributed by atoms with Crippen LogP contribution in [0.15, 0.2) is 24.3 Å². The zero-order valence-corrected chi connectivity index (χ0v) is 13.7. The van der Waals surface area contributed by atoms with Gasteiger partial charge in [-0.1, -0.05) is 27.2 Å². The normalized spacial score (nSPS) is 14.9. The van der Waals surface area contributed by atoms with Crippen molar-refractivity contribution in [2.24, 2.45) is 5.92 Å². The van der Waals surface area contributed by atoms with Gasteiger partial charge < -0.3 is 14.8 Å². The third-order valence-electron chi connectivity index (χ3n) is 4.05. The summed E-state index contributed by atoms with van der Waals surface area (Å²) in [7, 11) is 3.08. The largest absolute Gasteiger partial charge is 0.497 e. The molecule has 1 rings (SSSR count). The molecule has 0 aliphatic rings. The van der Waals surface area contributed by atoms with Gasteiger partial charge in [-0.05, 0) is 43.0 Å². The fourth-order valence-corrected chi connectivity index (χ4v) is 2.45. The predicted octanol–water partition coefficient (Wildman–Crippen LogP) is 3.87. The maximum atomic E-state index is 12.3. The Kier molecular flexibility index (Phi) is 6.53. The highest BCUT2D eigenvalue weighted by atomic mass is 16.5. The zero-order valence-electron chi connectivity index (χ0n) is 13.7. The van der Waals surface area contributed by atoms with Crippen molar-refractivity contribution in [1.29, 1.82) is 0 Å². The number of ether oxygens (including phenoxy) is 2. The Hall–Kier alpha value is -1.71. The summed E-state index contributed by atoms with van der Waals surface area (Å²) >= 11 is 0. The van der Waals surface area contributed by atoms with Crippen molar-refractivity contribution < 1.29 is 14.3 Å². The molecule has 0 radical (unpaired) electrons. The van der Waals surface area contributed by atoms with Crippen molar-refractivity contribution in [3.05, 3.63) is 24.3 Å². The van der Waals surface area contributed by atoms with Crippen LogP contribution in [0.5, 0.6) is 5.75 Å². The second-order valence-electron chi connectivity index (χ2n) is 5.50. The highest BCUT2D eigenvalue weighted by Crippen LogP contribution is 2.29. The molecule has 0 aliphatic carbocycles. The quantitative estimate of drug-likeness (QED) is 0.739. The Balaban J connectivity index is 3.01. The molecule has 1 aromatic rings. The maximum absolute atomic E-state index is 12.3. The first-order valence-electron chi connectivity index (χ1n) is 7.52. The van der Waals surface area contributed by atoms with Crippen LogP contribution in [0.3, 0.4) is 0 Å². The van der Waals surface area contributed by atoms with Crippen molar-refractivity contribution in [3.63, 3.8) is 0 Å². The summed E-state index contributed by atoms with van der Waals surface area (Å²) < 4.78 is 10.2. The molecule has 4 nitrogen and oxygen atoms in total. The molecule has 118 valence electrons. The number of methoxy groups -OCH3 is 2. The van der Waals surface area contributed by atoms with Gasteiger partial charge in [0.1, 0.15) is 11.3 Å². The van der Waals surface area contributed by atoms with Gasteiger partial charge in [0.05, 0.1) is 14.2 Å². The van der Waals surface area contributed by atoms with E-state index in [1.165, 1.54) is 7.11 Å². The highest BCUT2D eigenvalue weighted by Gasteiger charge is 2.38. The summed E-state index contributed by atoms with van der Waals surface area (Å²) in [6, 6.07) is 7.60. The number of rotatable bonds is 8. The van der Waals surface area contributed by atoms with Crippen molar-refractivity contribution in [3.8, 4) is 5.75 Å². The van der Waals surface area contributed by atoms with Crippen molar-refractivity contribution in [1.82, 2.24) is 0 Å². The van der Waals surface area contributed by atoms with E-state index in [2.05, 4.69) is 19.2 Å². The van der Waals surface area contributed by atoms with Gasteiger partial charge in [-0.25, -0.2) is 4.79 Å². The van der Waals surface area contributed by atoms with E-state index in [-0.39, 0.29) is 5.97 Å². The lowest BCUT2D eigenvalue weighted by atomic mass is 9.84. The first-order chi connectivity index (χ1) is 10.0. The summed E-state index contributed by atoms with van der Waals surface area (Å²) in [6.07, 6.45) is 2.46. The maximum Gasteiger partial charge on any atom is 0.331 e. The number of esters is 1. The Morgan fingerprint density at radius 2 is 1.86 bits per heavy atom. The summed E-state index contributed by atoms with van der Waals surface area (Å²) in [4.78, 5) is 12.3. The summed E-state index contributed by atoms with van der Waals surface area (Å²) in [5.74, 6) is 1.03. The van der Waals surface area contributed by atoms with Crippen LogP contribution in [0, 0.1) is 5.92 Å². The summed E-state index contributed by atoms with van der Waals surface area (Å²) in [5, 5.41) is 3.38. The molecule has 0 bridgehead atoms. The second kappa shape index (κ2) is 7.91. The molecule has 0 saturated carbocycles. The molecule has 0 aliphatic heterocycles. The van der Waals surface area contributed by atoms with Crippen LogP contribution in [0.4, 0.5) is 5.69 Å². The first kappa shape index (κ1) is 17.3. The van der Waals surface area contributed by atoms with Crippen molar-refractivity contribution >= 4 is 11.7 Å². The molecule has 0 fully saturated rings. The summed E-state index contributed by atoms with van der Waals surface area (Å²) in [6.45, 7) is 6.30. The molecular formula is C17H27NO3. The van der Waals surface area contributed by atoms with Crippen molar-refractivity contribution in [2.75, 3.05) is 19.5 Å². The van der Waals surface area contributed by atoms with Gasteiger partial charge in [-0.15, -0.1) is 0 Å². The molecule has 0 amide bonds. The Bertz CT molecular complexity index is 444. The second-order valence-corrected chi connectivity index (χ2v) is 5.50. The molecule has 1 aromatic carbocycles. The predicted molar refractivity (Wildman–Crippen MR) is 85.7 cm³/mol. The monoisotopic (exact) mass is 293 g/mol. The van der Waals surface area contributed by atoms with E-state index in [0.29, 0.717) is 12.3 Å². The molecule has 0 saturated heterocycles. The SMILES string of the molecule is CCC(C)CC(CC)(Nc1ccc(OC)cc1)C(=O)OC. The van der Waals surface area contributed by atoms with E-state index in [1.807, 2.05) is 31.2 Å². The Labute approximate surface area is 127 Å². The molecule has 21 heavy (non-hydrogen) atoms.